The number of ether oxygens (including phenoxy) is 1. The molecule has 4 nitrogen and oxygen atoms in total. The molecule has 0 amide bonds. The van der Waals surface area contributed by atoms with E-state index in [1.807, 2.05) is 57.2 Å². The van der Waals surface area contributed by atoms with Crippen LogP contribution in [0, 0.1) is 6.92 Å². The van der Waals surface area contributed by atoms with Gasteiger partial charge in [-0.15, -0.1) is 0 Å². The molecule has 1 atom stereocenters. The van der Waals surface area contributed by atoms with Gasteiger partial charge in [0.2, 0.25) is 0 Å². The van der Waals surface area contributed by atoms with E-state index in [0.29, 0.717) is 0 Å². The predicted molar refractivity (Wildman–Crippen MR) is 74.8 cm³/mol. The van der Waals surface area contributed by atoms with Crippen molar-refractivity contribution in [1.29, 1.82) is 0 Å². The minimum atomic E-state index is -0.151. The maximum atomic E-state index is 5.62. The first kappa shape index (κ1) is 13.6. The Morgan fingerprint density at radius 2 is 1.79 bits per heavy atom. The minimum absolute atomic E-state index is 0.151. The molecule has 2 aromatic rings. The van der Waals surface area contributed by atoms with Crippen molar-refractivity contribution in [3.63, 3.8) is 0 Å². The number of furan rings is 1. The summed E-state index contributed by atoms with van der Waals surface area (Å²) in [5.41, 5.74) is 3.81. The van der Waals surface area contributed by atoms with Gasteiger partial charge in [-0.05, 0) is 50.6 Å². The van der Waals surface area contributed by atoms with Gasteiger partial charge >= 0.3 is 0 Å². The van der Waals surface area contributed by atoms with Crippen LogP contribution in [-0.2, 0) is 0 Å². The number of aryl methyl sites for hydroxylation is 1. The molecule has 0 aliphatic heterocycles. The van der Waals surface area contributed by atoms with Gasteiger partial charge < -0.3 is 9.15 Å². The third-order valence-corrected chi connectivity index (χ3v) is 2.80. The number of nitrogens with two attached hydrogens (primary N) is 1. The lowest BCUT2D eigenvalue weighted by atomic mass is 10.1. The zero-order chi connectivity index (χ0) is 13.8. The molecule has 0 radical (unpaired) electrons. The number of hydrogen-bond donors (Lipinski definition) is 2. The summed E-state index contributed by atoms with van der Waals surface area (Å²) >= 11 is 0. The van der Waals surface area contributed by atoms with Gasteiger partial charge in [0.05, 0.1) is 6.10 Å². The van der Waals surface area contributed by atoms with E-state index in [0.717, 1.165) is 22.8 Å². The van der Waals surface area contributed by atoms with E-state index in [1.165, 1.54) is 0 Å². The highest BCUT2D eigenvalue weighted by atomic mass is 16.5. The fourth-order valence-electron chi connectivity index (χ4n) is 1.96. The van der Waals surface area contributed by atoms with Crippen LogP contribution in [0.2, 0.25) is 0 Å². The van der Waals surface area contributed by atoms with Crippen molar-refractivity contribution in [2.24, 2.45) is 5.84 Å². The maximum Gasteiger partial charge on any atom is 0.126 e. The Kier molecular flexibility index (Phi) is 4.24. The van der Waals surface area contributed by atoms with Gasteiger partial charge in [0.25, 0.3) is 0 Å². The lowest BCUT2D eigenvalue weighted by molar-refractivity contribution is 0.242. The average molecular weight is 260 g/mol. The molecule has 1 unspecified atom stereocenters. The molecule has 19 heavy (non-hydrogen) atoms. The number of rotatable bonds is 5. The first-order chi connectivity index (χ1) is 9.10. The Morgan fingerprint density at radius 3 is 2.26 bits per heavy atom. The molecule has 0 spiro atoms. The molecule has 0 aliphatic rings. The van der Waals surface area contributed by atoms with Crippen molar-refractivity contribution in [1.82, 2.24) is 5.43 Å². The smallest absolute Gasteiger partial charge is 0.126 e. The Balaban J connectivity index is 2.19. The monoisotopic (exact) mass is 260 g/mol. The molecule has 4 heteroatoms. The summed E-state index contributed by atoms with van der Waals surface area (Å²) in [4.78, 5) is 0. The molecule has 102 valence electrons. The Bertz CT molecular complexity index is 517. The van der Waals surface area contributed by atoms with E-state index >= 15 is 0 Å². The highest BCUT2D eigenvalue weighted by Gasteiger charge is 2.15. The summed E-state index contributed by atoms with van der Waals surface area (Å²) in [7, 11) is 0. The number of hydrazine groups is 1. The van der Waals surface area contributed by atoms with Crippen LogP contribution < -0.4 is 16.0 Å². The minimum Gasteiger partial charge on any atom is -0.491 e. The van der Waals surface area contributed by atoms with Crippen LogP contribution in [0.5, 0.6) is 5.75 Å². The largest absolute Gasteiger partial charge is 0.491 e. The van der Waals surface area contributed by atoms with Crippen molar-refractivity contribution < 1.29 is 9.15 Å². The second-order valence-corrected chi connectivity index (χ2v) is 4.78. The van der Waals surface area contributed by atoms with Crippen LogP contribution in [0.25, 0.3) is 0 Å². The zero-order valence-corrected chi connectivity index (χ0v) is 11.5. The van der Waals surface area contributed by atoms with E-state index in [4.69, 9.17) is 15.0 Å². The van der Waals surface area contributed by atoms with Crippen LogP contribution >= 0.6 is 0 Å². The molecular weight excluding hydrogens is 240 g/mol. The summed E-state index contributed by atoms with van der Waals surface area (Å²) in [6.45, 7) is 5.92. The average Bonchev–Trinajstić information content (AvgIpc) is 2.78. The van der Waals surface area contributed by atoms with Gasteiger partial charge in [-0.25, -0.2) is 5.43 Å². The Hall–Kier alpha value is -1.78. The van der Waals surface area contributed by atoms with Crippen molar-refractivity contribution in [2.75, 3.05) is 0 Å². The molecule has 0 saturated heterocycles. The standard InChI is InChI=1S/C15H20N2O2/c1-10(2)18-13-7-5-12(6-8-13)15(17-16)14-9-4-11(3)19-14/h4-10,15,17H,16H2,1-3H3. The number of hydrogen-bond acceptors (Lipinski definition) is 4. The zero-order valence-electron chi connectivity index (χ0n) is 11.5. The SMILES string of the molecule is Cc1ccc(C(NN)c2ccc(OC(C)C)cc2)o1. The third kappa shape index (κ3) is 3.36. The first-order valence-electron chi connectivity index (χ1n) is 6.39. The van der Waals surface area contributed by atoms with Crippen molar-refractivity contribution in [3.8, 4) is 5.75 Å². The summed E-state index contributed by atoms with van der Waals surface area (Å²) in [6, 6.07) is 11.6. The fourth-order valence-corrected chi connectivity index (χ4v) is 1.96. The Morgan fingerprint density at radius 1 is 1.11 bits per heavy atom. The molecule has 1 heterocycles. The maximum absolute atomic E-state index is 5.62. The fraction of sp³-hybridized carbons (Fsp3) is 0.333. The first-order valence-corrected chi connectivity index (χ1v) is 6.39. The van der Waals surface area contributed by atoms with Crippen LogP contribution in [-0.4, -0.2) is 6.10 Å². The van der Waals surface area contributed by atoms with E-state index < -0.39 is 0 Å². The summed E-state index contributed by atoms with van der Waals surface area (Å²) < 4.78 is 11.2. The second kappa shape index (κ2) is 5.91. The highest BCUT2D eigenvalue weighted by molar-refractivity contribution is 5.33. The number of nitrogens with one attached hydrogen (secondary N) is 1. The molecule has 0 bridgehead atoms. The summed E-state index contributed by atoms with van der Waals surface area (Å²) in [6.07, 6.45) is 0.169. The van der Waals surface area contributed by atoms with Gasteiger partial charge in [0.1, 0.15) is 23.3 Å². The number of benzene rings is 1. The van der Waals surface area contributed by atoms with E-state index in [2.05, 4.69) is 5.43 Å². The molecule has 3 N–H and O–H groups in total. The van der Waals surface area contributed by atoms with Crippen molar-refractivity contribution in [2.45, 2.75) is 32.9 Å². The lowest BCUT2D eigenvalue weighted by Crippen LogP contribution is -2.28. The highest BCUT2D eigenvalue weighted by Crippen LogP contribution is 2.25. The molecule has 2 rings (SSSR count). The van der Waals surface area contributed by atoms with Crippen LogP contribution in [0.3, 0.4) is 0 Å². The van der Waals surface area contributed by atoms with Gasteiger partial charge in [-0.3, -0.25) is 5.84 Å². The molecule has 0 aliphatic carbocycles. The van der Waals surface area contributed by atoms with Gasteiger partial charge in [0.15, 0.2) is 0 Å². The van der Waals surface area contributed by atoms with Gasteiger partial charge in [-0.2, -0.15) is 0 Å². The summed E-state index contributed by atoms with van der Waals surface area (Å²) in [5, 5.41) is 0. The predicted octanol–water partition coefficient (Wildman–Crippen LogP) is 2.93. The van der Waals surface area contributed by atoms with Crippen molar-refractivity contribution in [3.05, 3.63) is 53.5 Å². The van der Waals surface area contributed by atoms with Crippen LogP contribution in [0.4, 0.5) is 0 Å². The second-order valence-electron chi connectivity index (χ2n) is 4.78. The van der Waals surface area contributed by atoms with E-state index in [1.54, 1.807) is 0 Å². The quantitative estimate of drug-likeness (QED) is 0.641. The topological polar surface area (TPSA) is 60.4 Å². The molecular formula is C15H20N2O2. The van der Waals surface area contributed by atoms with Crippen LogP contribution in [0.1, 0.15) is 37.0 Å². The lowest BCUT2D eigenvalue weighted by Gasteiger charge is -2.15. The van der Waals surface area contributed by atoms with E-state index in [-0.39, 0.29) is 12.1 Å². The molecule has 1 aromatic heterocycles. The third-order valence-electron chi connectivity index (χ3n) is 2.80. The molecule has 0 fully saturated rings. The summed E-state index contributed by atoms with van der Waals surface area (Å²) in [5.74, 6) is 8.15. The molecule has 0 saturated carbocycles. The van der Waals surface area contributed by atoms with Gasteiger partial charge in [0, 0.05) is 0 Å². The van der Waals surface area contributed by atoms with Crippen molar-refractivity contribution >= 4 is 0 Å². The molecule has 1 aromatic carbocycles. The Labute approximate surface area is 113 Å². The normalized spacial score (nSPS) is 12.7. The van der Waals surface area contributed by atoms with Crippen LogP contribution in [0.15, 0.2) is 40.8 Å². The van der Waals surface area contributed by atoms with E-state index in [9.17, 15) is 0 Å². The van der Waals surface area contributed by atoms with Gasteiger partial charge in [-0.1, -0.05) is 12.1 Å².